The van der Waals surface area contributed by atoms with Gasteiger partial charge in [-0.05, 0) is 30.7 Å². The van der Waals surface area contributed by atoms with Gasteiger partial charge in [-0.25, -0.2) is 5.43 Å². The minimum absolute atomic E-state index is 0.122. The lowest BCUT2D eigenvalue weighted by atomic mass is 10.1. The Balaban J connectivity index is 2.06. The monoisotopic (exact) mass is 254 g/mol. The van der Waals surface area contributed by atoms with Crippen LogP contribution >= 0.6 is 0 Å². The second-order valence-electron chi connectivity index (χ2n) is 4.07. The van der Waals surface area contributed by atoms with Gasteiger partial charge in [0.15, 0.2) is 0 Å². The first-order valence-electron chi connectivity index (χ1n) is 5.85. The number of benzene rings is 2. The molecular weight excluding hydrogens is 240 g/mol. The molecule has 0 atom stereocenters. The van der Waals surface area contributed by atoms with Crippen LogP contribution in [0.15, 0.2) is 53.6 Å². The van der Waals surface area contributed by atoms with Gasteiger partial charge in [-0.15, -0.1) is 0 Å². The van der Waals surface area contributed by atoms with E-state index < -0.39 is 0 Å². The molecule has 0 aliphatic heterocycles. The maximum atomic E-state index is 11.9. The van der Waals surface area contributed by atoms with E-state index >= 15 is 0 Å². The fourth-order valence-corrected chi connectivity index (χ4v) is 1.65. The highest BCUT2D eigenvalue weighted by Crippen LogP contribution is 2.12. The molecule has 2 N–H and O–H groups in total. The van der Waals surface area contributed by atoms with Crippen LogP contribution in [-0.4, -0.2) is 17.2 Å². The van der Waals surface area contributed by atoms with Crippen molar-refractivity contribution in [2.24, 2.45) is 5.10 Å². The number of para-hydroxylation sites is 1. The number of phenols is 1. The Bertz CT molecular complexity index is 621. The molecule has 19 heavy (non-hydrogen) atoms. The van der Waals surface area contributed by atoms with Gasteiger partial charge in [0.25, 0.3) is 5.91 Å². The number of nitrogens with one attached hydrogen (secondary N) is 1. The SMILES string of the molecule is Cc1ccccc1C(=O)N/N=C/c1ccccc1O. The predicted molar refractivity (Wildman–Crippen MR) is 74.3 cm³/mol. The summed E-state index contributed by atoms with van der Waals surface area (Å²) in [7, 11) is 0. The Morgan fingerprint density at radius 3 is 2.58 bits per heavy atom. The van der Waals surface area contributed by atoms with Crippen LogP contribution in [0.25, 0.3) is 0 Å². The molecule has 0 aliphatic rings. The number of rotatable bonds is 3. The number of hydrogen-bond donors (Lipinski definition) is 2. The third-order valence-corrected chi connectivity index (χ3v) is 2.70. The number of carbonyl (C=O) groups excluding carboxylic acids is 1. The van der Waals surface area contributed by atoms with Gasteiger partial charge in [-0.3, -0.25) is 4.79 Å². The predicted octanol–water partition coefficient (Wildman–Crippen LogP) is 2.46. The summed E-state index contributed by atoms with van der Waals surface area (Å²) in [6, 6.07) is 14.0. The summed E-state index contributed by atoms with van der Waals surface area (Å²) in [4.78, 5) is 11.9. The second-order valence-corrected chi connectivity index (χ2v) is 4.07. The van der Waals surface area contributed by atoms with Crippen LogP contribution in [0.3, 0.4) is 0 Å². The van der Waals surface area contributed by atoms with E-state index in [0.717, 1.165) is 5.56 Å². The fourth-order valence-electron chi connectivity index (χ4n) is 1.65. The van der Waals surface area contributed by atoms with Crippen LogP contribution in [0, 0.1) is 6.92 Å². The maximum Gasteiger partial charge on any atom is 0.271 e. The van der Waals surface area contributed by atoms with E-state index in [4.69, 9.17) is 0 Å². The molecule has 0 radical (unpaired) electrons. The van der Waals surface area contributed by atoms with Crippen molar-refractivity contribution in [3.63, 3.8) is 0 Å². The zero-order valence-electron chi connectivity index (χ0n) is 10.5. The first kappa shape index (κ1) is 12.8. The Morgan fingerprint density at radius 2 is 1.84 bits per heavy atom. The van der Waals surface area contributed by atoms with Gasteiger partial charge in [0, 0.05) is 11.1 Å². The fraction of sp³-hybridized carbons (Fsp3) is 0.0667. The lowest BCUT2D eigenvalue weighted by Crippen LogP contribution is -2.18. The van der Waals surface area contributed by atoms with Crippen molar-refractivity contribution in [1.29, 1.82) is 0 Å². The number of hydrazone groups is 1. The molecule has 2 aromatic rings. The summed E-state index contributed by atoms with van der Waals surface area (Å²) in [5.74, 6) is -0.152. The quantitative estimate of drug-likeness (QED) is 0.653. The Kier molecular flexibility index (Phi) is 3.93. The maximum absolute atomic E-state index is 11.9. The van der Waals surface area contributed by atoms with Gasteiger partial charge < -0.3 is 5.11 Å². The van der Waals surface area contributed by atoms with Crippen molar-refractivity contribution in [1.82, 2.24) is 5.43 Å². The van der Waals surface area contributed by atoms with E-state index in [-0.39, 0.29) is 11.7 Å². The van der Waals surface area contributed by atoms with Crippen LogP contribution in [-0.2, 0) is 0 Å². The molecular formula is C15H14N2O2. The molecule has 0 fully saturated rings. The van der Waals surface area contributed by atoms with Crippen LogP contribution in [0.4, 0.5) is 0 Å². The van der Waals surface area contributed by atoms with Gasteiger partial charge >= 0.3 is 0 Å². The first-order valence-corrected chi connectivity index (χ1v) is 5.85. The van der Waals surface area contributed by atoms with Crippen LogP contribution in [0.2, 0.25) is 0 Å². The normalized spacial score (nSPS) is 10.6. The van der Waals surface area contributed by atoms with Gasteiger partial charge in [0.05, 0.1) is 6.21 Å². The number of carbonyl (C=O) groups is 1. The van der Waals surface area contributed by atoms with Crippen LogP contribution < -0.4 is 5.43 Å². The van der Waals surface area contributed by atoms with Gasteiger partial charge in [0.1, 0.15) is 5.75 Å². The summed E-state index contributed by atoms with van der Waals surface area (Å²) in [5.41, 5.74) is 4.45. The smallest absolute Gasteiger partial charge is 0.271 e. The summed E-state index contributed by atoms with van der Waals surface area (Å²) >= 11 is 0. The molecule has 1 amide bonds. The van der Waals surface area contributed by atoms with Crippen molar-refractivity contribution in [2.75, 3.05) is 0 Å². The number of aromatic hydroxyl groups is 1. The molecule has 0 bridgehead atoms. The van der Waals surface area contributed by atoms with E-state index in [2.05, 4.69) is 10.5 Å². The van der Waals surface area contributed by atoms with Gasteiger partial charge in [0.2, 0.25) is 0 Å². The molecule has 4 heteroatoms. The largest absolute Gasteiger partial charge is 0.507 e. The molecule has 0 aliphatic carbocycles. The summed E-state index contributed by atoms with van der Waals surface area (Å²) in [5, 5.41) is 13.4. The third kappa shape index (κ3) is 3.19. The molecule has 2 aromatic carbocycles. The van der Waals surface area contributed by atoms with E-state index in [9.17, 15) is 9.90 Å². The summed E-state index contributed by atoms with van der Waals surface area (Å²) < 4.78 is 0. The van der Waals surface area contributed by atoms with E-state index in [1.807, 2.05) is 19.1 Å². The number of aryl methyl sites for hydroxylation is 1. The Morgan fingerprint density at radius 1 is 1.16 bits per heavy atom. The minimum Gasteiger partial charge on any atom is -0.507 e. The molecule has 0 unspecified atom stereocenters. The zero-order valence-corrected chi connectivity index (χ0v) is 10.5. The van der Waals surface area contributed by atoms with Crippen LogP contribution in [0.5, 0.6) is 5.75 Å². The van der Waals surface area contributed by atoms with E-state index in [0.29, 0.717) is 11.1 Å². The highest BCUT2D eigenvalue weighted by Gasteiger charge is 2.06. The van der Waals surface area contributed by atoms with E-state index in [1.165, 1.54) is 6.21 Å². The van der Waals surface area contributed by atoms with Gasteiger partial charge in [-0.1, -0.05) is 30.3 Å². The minimum atomic E-state index is -0.273. The summed E-state index contributed by atoms with van der Waals surface area (Å²) in [6.45, 7) is 1.86. The lowest BCUT2D eigenvalue weighted by molar-refractivity contribution is 0.0954. The Labute approximate surface area is 111 Å². The number of nitrogens with zero attached hydrogens (tertiary/aromatic N) is 1. The number of phenolic OH excluding ortho intramolecular Hbond substituents is 1. The highest BCUT2D eigenvalue weighted by molar-refractivity contribution is 5.96. The molecule has 2 rings (SSSR count). The number of hydrogen-bond acceptors (Lipinski definition) is 3. The molecule has 0 heterocycles. The molecule has 0 saturated heterocycles. The summed E-state index contributed by atoms with van der Waals surface area (Å²) in [6.07, 6.45) is 1.41. The third-order valence-electron chi connectivity index (χ3n) is 2.70. The molecule has 96 valence electrons. The standard InChI is InChI=1S/C15H14N2O2/c1-11-6-2-4-8-13(11)15(19)17-16-10-12-7-3-5-9-14(12)18/h2-10,18H,1H3,(H,17,19)/b16-10+. The zero-order chi connectivity index (χ0) is 13.7. The Hall–Kier alpha value is -2.62. The van der Waals surface area contributed by atoms with Crippen molar-refractivity contribution in [2.45, 2.75) is 6.92 Å². The van der Waals surface area contributed by atoms with Crippen molar-refractivity contribution in [3.8, 4) is 5.75 Å². The highest BCUT2D eigenvalue weighted by atomic mass is 16.3. The topological polar surface area (TPSA) is 61.7 Å². The average Bonchev–Trinajstić information content (AvgIpc) is 2.41. The lowest BCUT2D eigenvalue weighted by Gasteiger charge is -2.03. The second kappa shape index (κ2) is 5.82. The average molecular weight is 254 g/mol. The van der Waals surface area contributed by atoms with Crippen molar-refractivity contribution in [3.05, 3.63) is 65.2 Å². The molecule has 0 saturated carbocycles. The number of amides is 1. The molecule has 4 nitrogen and oxygen atoms in total. The van der Waals surface area contributed by atoms with Crippen LogP contribution in [0.1, 0.15) is 21.5 Å². The van der Waals surface area contributed by atoms with Crippen molar-refractivity contribution < 1.29 is 9.90 Å². The molecule has 0 aromatic heterocycles. The van der Waals surface area contributed by atoms with Crippen molar-refractivity contribution >= 4 is 12.1 Å². The van der Waals surface area contributed by atoms with Gasteiger partial charge in [-0.2, -0.15) is 5.10 Å². The van der Waals surface area contributed by atoms with E-state index in [1.54, 1.807) is 36.4 Å². The first-order chi connectivity index (χ1) is 9.18. The molecule has 0 spiro atoms.